The molecule has 0 unspecified atom stereocenters. The van der Waals surface area contributed by atoms with E-state index in [-0.39, 0.29) is 24.4 Å². The highest BCUT2D eigenvalue weighted by molar-refractivity contribution is 7.10. The zero-order valence-electron chi connectivity index (χ0n) is 14.8. The number of carbonyl (C=O) groups is 3. The lowest BCUT2D eigenvalue weighted by molar-refractivity contribution is -0.135. The van der Waals surface area contributed by atoms with Crippen LogP contribution in [0.4, 0.5) is 4.79 Å². The lowest BCUT2D eigenvalue weighted by Crippen LogP contribution is -2.45. The number of urea groups is 1. The number of imide groups is 1. The summed E-state index contributed by atoms with van der Waals surface area (Å²) in [5.74, 6) is -0.622. The molecule has 1 atom stereocenters. The molecule has 4 amide bonds. The summed E-state index contributed by atoms with van der Waals surface area (Å²) in [6.45, 7) is -0.263. The molecule has 1 aliphatic carbocycles. The molecule has 1 aromatic carbocycles. The molecule has 1 aliphatic heterocycles. The molecular formula is C20H21N3O3S. The summed E-state index contributed by atoms with van der Waals surface area (Å²) in [5.41, 5.74) is 0.169. The minimum atomic E-state index is -0.788. The van der Waals surface area contributed by atoms with E-state index in [9.17, 15) is 14.4 Å². The summed E-state index contributed by atoms with van der Waals surface area (Å²) in [5, 5.41) is 7.74. The van der Waals surface area contributed by atoms with Crippen LogP contribution >= 0.6 is 11.3 Å². The predicted octanol–water partition coefficient (Wildman–Crippen LogP) is 2.82. The Bertz CT molecular complexity index is 845. The van der Waals surface area contributed by atoms with Crippen LogP contribution in [0.15, 0.2) is 47.8 Å². The van der Waals surface area contributed by atoms with E-state index in [0.717, 1.165) is 28.2 Å². The third-order valence-corrected chi connectivity index (χ3v) is 6.21. The Hall–Kier alpha value is -2.67. The highest BCUT2D eigenvalue weighted by Crippen LogP contribution is 2.35. The Morgan fingerprint density at radius 1 is 1.15 bits per heavy atom. The topological polar surface area (TPSA) is 78.5 Å². The zero-order chi connectivity index (χ0) is 18.9. The number of thiophene rings is 1. The first kappa shape index (κ1) is 17.7. The van der Waals surface area contributed by atoms with Crippen molar-refractivity contribution < 1.29 is 14.4 Å². The maximum absolute atomic E-state index is 12.7. The minimum absolute atomic E-state index is 0.263. The summed E-state index contributed by atoms with van der Waals surface area (Å²) < 4.78 is 0. The molecule has 2 aromatic rings. The van der Waals surface area contributed by atoms with Crippen LogP contribution in [0.2, 0.25) is 0 Å². The third kappa shape index (κ3) is 3.35. The molecular weight excluding hydrogens is 362 g/mol. The molecule has 2 heterocycles. The second kappa shape index (κ2) is 7.15. The number of benzene rings is 1. The van der Waals surface area contributed by atoms with Gasteiger partial charge in [-0.2, -0.15) is 0 Å². The van der Waals surface area contributed by atoms with E-state index in [2.05, 4.69) is 10.6 Å². The van der Waals surface area contributed by atoms with Gasteiger partial charge in [-0.05, 0) is 29.9 Å². The SMILES string of the molecule is O=C(CN1C(=O)NC2(CCCC2)C1=O)N[C@H](c1ccccc1)c1cccs1. The van der Waals surface area contributed by atoms with Gasteiger partial charge in [0.05, 0.1) is 6.04 Å². The molecule has 1 spiro atoms. The first-order valence-corrected chi connectivity index (χ1v) is 9.99. The first-order valence-electron chi connectivity index (χ1n) is 9.11. The van der Waals surface area contributed by atoms with E-state index < -0.39 is 11.6 Å². The second-order valence-corrected chi connectivity index (χ2v) is 8.02. The average Bonchev–Trinajstić information content (AvgIpc) is 3.40. The highest BCUT2D eigenvalue weighted by Gasteiger charge is 2.52. The molecule has 0 bridgehead atoms. The van der Waals surface area contributed by atoms with Crippen LogP contribution in [-0.2, 0) is 9.59 Å². The fraction of sp³-hybridized carbons (Fsp3) is 0.350. The van der Waals surface area contributed by atoms with E-state index >= 15 is 0 Å². The first-order chi connectivity index (χ1) is 13.1. The van der Waals surface area contributed by atoms with E-state index in [1.54, 1.807) is 11.3 Å². The van der Waals surface area contributed by atoms with Gasteiger partial charge in [0.25, 0.3) is 5.91 Å². The fourth-order valence-corrected chi connectivity index (χ4v) is 4.71. The largest absolute Gasteiger partial charge is 0.343 e. The summed E-state index contributed by atoms with van der Waals surface area (Å²) in [6, 6.07) is 12.8. The van der Waals surface area contributed by atoms with Gasteiger partial charge < -0.3 is 10.6 Å². The fourth-order valence-electron chi connectivity index (χ4n) is 3.91. The van der Waals surface area contributed by atoms with E-state index in [1.807, 2.05) is 47.8 Å². The monoisotopic (exact) mass is 383 g/mol. The molecule has 1 saturated heterocycles. The second-order valence-electron chi connectivity index (χ2n) is 7.04. The van der Waals surface area contributed by atoms with Crippen molar-refractivity contribution in [2.75, 3.05) is 6.54 Å². The number of carbonyl (C=O) groups excluding carboxylic acids is 3. The van der Waals surface area contributed by atoms with Crippen LogP contribution in [0.5, 0.6) is 0 Å². The van der Waals surface area contributed by atoms with Crippen molar-refractivity contribution in [2.45, 2.75) is 37.3 Å². The van der Waals surface area contributed by atoms with Crippen molar-refractivity contribution >= 4 is 29.2 Å². The molecule has 2 fully saturated rings. The van der Waals surface area contributed by atoms with Crippen LogP contribution < -0.4 is 10.6 Å². The summed E-state index contributed by atoms with van der Waals surface area (Å²) in [4.78, 5) is 39.8. The average molecular weight is 383 g/mol. The summed E-state index contributed by atoms with van der Waals surface area (Å²) >= 11 is 1.55. The van der Waals surface area contributed by atoms with E-state index in [1.165, 1.54) is 0 Å². The number of hydrogen-bond donors (Lipinski definition) is 2. The van der Waals surface area contributed by atoms with Crippen molar-refractivity contribution in [3.05, 3.63) is 58.3 Å². The van der Waals surface area contributed by atoms with Crippen molar-refractivity contribution in [1.29, 1.82) is 0 Å². The highest BCUT2D eigenvalue weighted by atomic mass is 32.1. The van der Waals surface area contributed by atoms with Gasteiger partial charge in [0.2, 0.25) is 5.91 Å². The van der Waals surface area contributed by atoms with Gasteiger partial charge in [-0.1, -0.05) is 49.2 Å². The smallest absolute Gasteiger partial charge is 0.325 e. The lowest BCUT2D eigenvalue weighted by Gasteiger charge is -2.21. The summed E-state index contributed by atoms with van der Waals surface area (Å²) in [7, 11) is 0. The molecule has 0 radical (unpaired) electrons. The Morgan fingerprint density at radius 3 is 2.56 bits per heavy atom. The quantitative estimate of drug-likeness (QED) is 0.780. The van der Waals surface area contributed by atoms with Crippen molar-refractivity contribution in [1.82, 2.24) is 15.5 Å². The van der Waals surface area contributed by atoms with Crippen molar-refractivity contribution in [2.24, 2.45) is 0 Å². The number of amides is 4. The minimum Gasteiger partial charge on any atom is -0.343 e. The molecule has 1 aromatic heterocycles. The van der Waals surface area contributed by atoms with Gasteiger partial charge in [0, 0.05) is 4.88 Å². The Morgan fingerprint density at radius 2 is 1.89 bits per heavy atom. The van der Waals surface area contributed by atoms with Crippen LogP contribution in [-0.4, -0.2) is 34.8 Å². The van der Waals surface area contributed by atoms with E-state index in [0.29, 0.717) is 12.8 Å². The molecule has 27 heavy (non-hydrogen) atoms. The summed E-state index contributed by atoms with van der Waals surface area (Å²) in [6.07, 6.45) is 3.14. The van der Waals surface area contributed by atoms with Crippen molar-refractivity contribution in [3.8, 4) is 0 Å². The molecule has 7 heteroatoms. The maximum Gasteiger partial charge on any atom is 0.325 e. The molecule has 1 saturated carbocycles. The standard InChI is InChI=1S/C20H21N3O3S/c24-16(13-23-18(25)20(22-19(23)26)10-4-5-11-20)21-17(15-9-6-12-27-15)14-7-2-1-3-8-14/h1-3,6-9,12,17H,4-5,10-11,13H2,(H,21,24)(H,22,26)/t17-/m1/s1. The van der Waals surface area contributed by atoms with Crippen LogP contribution in [0.1, 0.15) is 42.2 Å². The Balaban J connectivity index is 1.49. The van der Waals surface area contributed by atoms with Crippen LogP contribution in [0, 0.1) is 0 Å². The van der Waals surface area contributed by atoms with Crippen LogP contribution in [0.3, 0.4) is 0 Å². The molecule has 6 nitrogen and oxygen atoms in total. The van der Waals surface area contributed by atoms with Gasteiger partial charge in [0.1, 0.15) is 12.1 Å². The van der Waals surface area contributed by atoms with Gasteiger partial charge in [0.15, 0.2) is 0 Å². The molecule has 140 valence electrons. The third-order valence-electron chi connectivity index (χ3n) is 5.27. The van der Waals surface area contributed by atoms with Crippen LogP contribution in [0.25, 0.3) is 0 Å². The number of hydrogen-bond acceptors (Lipinski definition) is 4. The van der Waals surface area contributed by atoms with Gasteiger partial charge >= 0.3 is 6.03 Å². The zero-order valence-corrected chi connectivity index (χ0v) is 15.6. The lowest BCUT2D eigenvalue weighted by atomic mass is 9.98. The van der Waals surface area contributed by atoms with Gasteiger partial charge in [-0.15, -0.1) is 11.3 Å². The Kier molecular flexibility index (Phi) is 4.70. The van der Waals surface area contributed by atoms with Crippen molar-refractivity contribution in [3.63, 3.8) is 0 Å². The maximum atomic E-state index is 12.7. The molecule has 2 aliphatic rings. The van der Waals surface area contributed by atoms with E-state index in [4.69, 9.17) is 0 Å². The number of nitrogens with one attached hydrogen (secondary N) is 2. The van der Waals surface area contributed by atoms with Gasteiger partial charge in [-0.25, -0.2) is 4.79 Å². The molecule has 4 rings (SSSR count). The molecule has 2 N–H and O–H groups in total. The predicted molar refractivity (Wildman–Crippen MR) is 102 cm³/mol. The van der Waals surface area contributed by atoms with Gasteiger partial charge in [-0.3, -0.25) is 14.5 Å². The normalized spacial score (nSPS) is 19.3. The number of rotatable bonds is 5. The number of nitrogens with zero attached hydrogens (tertiary/aromatic N) is 1. The Labute approximate surface area is 161 Å².